The first-order chi connectivity index (χ1) is 11.7. The standard InChI is InChI=1S/C18H15N3O3/c22-18(23)14-3-1-13(2-4-14)16-11-19-17-9-15(10-20-21(16)17)12-5-7-24-8-6-12/h1-5,9-11H,6-8H2,(H,22,23). The van der Waals surface area contributed by atoms with Crippen molar-refractivity contribution in [1.82, 2.24) is 14.6 Å². The summed E-state index contributed by atoms with van der Waals surface area (Å²) in [5.41, 5.74) is 5.01. The number of ether oxygens (including phenoxy) is 1. The molecule has 0 radical (unpaired) electrons. The smallest absolute Gasteiger partial charge is 0.335 e. The van der Waals surface area contributed by atoms with Crippen molar-refractivity contribution < 1.29 is 14.6 Å². The van der Waals surface area contributed by atoms with E-state index in [1.807, 2.05) is 12.3 Å². The SMILES string of the molecule is O=C(O)c1ccc(-c2cnc3cc(C4=CCOCC4)cnn23)cc1. The number of aromatic nitrogens is 3. The van der Waals surface area contributed by atoms with Gasteiger partial charge in [-0.05, 0) is 30.2 Å². The molecule has 1 aromatic carbocycles. The zero-order chi connectivity index (χ0) is 16.5. The minimum absolute atomic E-state index is 0.259. The maximum atomic E-state index is 11.0. The highest BCUT2D eigenvalue weighted by Crippen LogP contribution is 2.24. The number of benzene rings is 1. The largest absolute Gasteiger partial charge is 0.478 e. The van der Waals surface area contributed by atoms with Crippen LogP contribution >= 0.6 is 0 Å². The molecule has 0 fully saturated rings. The zero-order valence-corrected chi connectivity index (χ0v) is 12.8. The molecule has 1 aliphatic heterocycles. The van der Waals surface area contributed by atoms with Crippen LogP contribution in [0.5, 0.6) is 0 Å². The van der Waals surface area contributed by atoms with Gasteiger partial charge in [-0.3, -0.25) is 0 Å². The Morgan fingerprint density at radius 1 is 1.17 bits per heavy atom. The topological polar surface area (TPSA) is 76.7 Å². The van der Waals surface area contributed by atoms with Crippen molar-refractivity contribution in [2.75, 3.05) is 13.2 Å². The summed E-state index contributed by atoms with van der Waals surface area (Å²) < 4.78 is 7.10. The van der Waals surface area contributed by atoms with Gasteiger partial charge < -0.3 is 9.84 Å². The molecule has 6 nitrogen and oxygen atoms in total. The second-order valence-electron chi connectivity index (χ2n) is 5.59. The second-order valence-corrected chi connectivity index (χ2v) is 5.59. The van der Waals surface area contributed by atoms with E-state index in [4.69, 9.17) is 9.84 Å². The van der Waals surface area contributed by atoms with Gasteiger partial charge in [-0.1, -0.05) is 18.2 Å². The van der Waals surface area contributed by atoms with Crippen LogP contribution in [-0.4, -0.2) is 38.9 Å². The fourth-order valence-electron chi connectivity index (χ4n) is 2.82. The number of hydrogen-bond acceptors (Lipinski definition) is 4. The molecule has 0 atom stereocenters. The molecule has 120 valence electrons. The van der Waals surface area contributed by atoms with E-state index in [0.717, 1.165) is 35.5 Å². The van der Waals surface area contributed by atoms with Crippen molar-refractivity contribution in [3.05, 3.63) is 59.9 Å². The number of aromatic carboxylic acids is 1. The molecule has 0 unspecified atom stereocenters. The molecule has 0 aliphatic carbocycles. The normalized spacial score (nSPS) is 14.6. The predicted octanol–water partition coefficient (Wildman–Crippen LogP) is 2.90. The lowest BCUT2D eigenvalue weighted by Crippen LogP contribution is -2.05. The van der Waals surface area contributed by atoms with E-state index in [0.29, 0.717) is 6.61 Å². The van der Waals surface area contributed by atoms with Crippen molar-refractivity contribution in [3.63, 3.8) is 0 Å². The summed E-state index contributed by atoms with van der Waals surface area (Å²) >= 11 is 0. The Balaban J connectivity index is 1.72. The summed E-state index contributed by atoms with van der Waals surface area (Å²) in [5, 5.41) is 13.5. The fraction of sp³-hybridized carbons (Fsp3) is 0.167. The Hall–Kier alpha value is -2.99. The highest BCUT2D eigenvalue weighted by Gasteiger charge is 2.12. The molecular weight excluding hydrogens is 306 g/mol. The van der Waals surface area contributed by atoms with E-state index >= 15 is 0 Å². The predicted molar refractivity (Wildman–Crippen MR) is 88.8 cm³/mol. The van der Waals surface area contributed by atoms with Crippen molar-refractivity contribution in [3.8, 4) is 11.3 Å². The monoisotopic (exact) mass is 321 g/mol. The molecule has 1 aliphatic rings. The van der Waals surface area contributed by atoms with E-state index in [2.05, 4.69) is 16.2 Å². The van der Waals surface area contributed by atoms with Crippen LogP contribution in [0.1, 0.15) is 22.3 Å². The fourth-order valence-corrected chi connectivity index (χ4v) is 2.82. The van der Waals surface area contributed by atoms with Crippen LogP contribution in [0.3, 0.4) is 0 Å². The Morgan fingerprint density at radius 3 is 2.71 bits per heavy atom. The van der Waals surface area contributed by atoms with Gasteiger partial charge in [0.1, 0.15) is 0 Å². The average molecular weight is 321 g/mol. The Labute approximate surface area is 138 Å². The van der Waals surface area contributed by atoms with Crippen molar-refractivity contribution in [1.29, 1.82) is 0 Å². The number of rotatable bonds is 3. The lowest BCUT2D eigenvalue weighted by molar-refractivity contribution is 0.0697. The van der Waals surface area contributed by atoms with Crippen LogP contribution in [0.25, 0.3) is 22.5 Å². The highest BCUT2D eigenvalue weighted by atomic mass is 16.5. The Kier molecular flexibility index (Phi) is 3.59. The number of imidazole rings is 1. The summed E-state index contributed by atoms with van der Waals surface area (Å²) in [6.45, 7) is 1.36. The molecule has 3 heterocycles. The van der Waals surface area contributed by atoms with Gasteiger partial charge in [0.25, 0.3) is 0 Å². The Morgan fingerprint density at radius 2 is 2.00 bits per heavy atom. The van der Waals surface area contributed by atoms with Gasteiger partial charge in [0.2, 0.25) is 0 Å². The van der Waals surface area contributed by atoms with Gasteiger partial charge in [0.05, 0.1) is 36.9 Å². The zero-order valence-electron chi connectivity index (χ0n) is 12.8. The lowest BCUT2D eigenvalue weighted by Gasteiger charge is -2.13. The molecule has 0 saturated heterocycles. The maximum absolute atomic E-state index is 11.0. The van der Waals surface area contributed by atoms with Crippen LogP contribution in [-0.2, 0) is 4.74 Å². The molecule has 1 N–H and O–H groups in total. The van der Waals surface area contributed by atoms with E-state index in [9.17, 15) is 4.79 Å². The van der Waals surface area contributed by atoms with Gasteiger partial charge >= 0.3 is 5.97 Å². The maximum Gasteiger partial charge on any atom is 0.335 e. The minimum atomic E-state index is -0.938. The van der Waals surface area contributed by atoms with Crippen LogP contribution in [0.4, 0.5) is 0 Å². The van der Waals surface area contributed by atoms with Crippen LogP contribution in [0.15, 0.2) is 48.8 Å². The number of carbonyl (C=O) groups is 1. The van der Waals surface area contributed by atoms with E-state index in [1.54, 1.807) is 35.0 Å². The van der Waals surface area contributed by atoms with Crippen molar-refractivity contribution in [2.24, 2.45) is 0 Å². The number of carboxylic acids is 1. The van der Waals surface area contributed by atoms with Gasteiger partial charge in [-0.15, -0.1) is 0 Å². The van der Waals surface area contributed by atoms with Crippen molar-refractivity contribution in [2.45, 2.75) is 6.42 Å². The van der Waals surface area contributed by atoms with E-state index in [-0.39, 0.29) is 5.56 Å². The molecule has 2 aromatic heterocycles. The van der Waals surface area contributed by atoms with E-state index in [1.165, 1.54) is 5.57 Å². The molecule has 3 aromatic rings. The van der Waals surface area contributed by atoms with Gasteiger partial charge in [0, 0.05) is 11.1 Å². The molecule has 4 rings (SSSR count). The first-order valence-corrected chi connectivity index (χ1v) is 7.67. The minimum Gasteiger partial charge on any atom is -0.478 e. The van der Waals surface area contributed by atoms with Crippen LogP contribution < -0.4 is 0 Å². The van der Waals surface area contributed by atoms with Crippen LogP contribution in [0.2, 0.25) is 0 Å². The molecule has 0 spiro atoms. The number of nitrogens with zero attached hydrogens (tertiary/aromatic N) is 3. The summed E-state index contributed by atoms with van der Waals surface area (Å²) in [7, 11) is 0. The third-order valence-electron chi connectivity index (χ3n) is 4.12. The summed E-state index contributed by atoms with van der Waals surface area (Å²) in [6, 6.07) is 8.71. The first kappa shape index (κ1) is 14.6. The summed E-state index contributed by atoms with van der Waals surface area (Å²) in [6.07, 6.45) is 6.54. The highest BCUT2D eigenvalue weighted by molar-refractivity contribution is 5.88. The first-order valence-electron chi connectivity index (χ1n) is 7.67. The molecule has 0 saturated carbocycles. The molecule has 24 heavy (non-hydrogen) atoms. The molecule has 0 bridgehead atoms. The van der Waals surface area contributed by atoms with Gasteiger partial charge in [0.15, 0.2) is 5.65 Å². The average Bonchev–Trinajstić information content (AvgIpc) is 3.05. The second kappa shape index (κ2) is 5.90. The Bertz CT molecular complexity index is 942. The van der Waals surface area contributed by atoms with Gasteiger partial charge in [-0.25, -0.2) is 14.3 Å². The summed E-state index contributed by atoms with van der Waals surface area (Å²) in [5.74, 6) is -0.938. The van der Waals surface area contributed by atoms with E-state index < -0.39 is 5.97 Å². The van der Waals surface area contributed by atoms with Gasteiger partial charge in [-0.2, -0.15) is 5.10 Å². The van der Waals surface area contributed by atoms with Crippen molar-refractivity contribution >= 4 is 17.2 Å². The van der Waals surface area contributed by atoms with Crippen LogP contribution in [0, 0.1) is 0 Å². The molecule has 0 amide bonds. The quantitative estimate of drug-likeness (QED) is 0.802. The molecular formula is C18H15N3O3. The third kappa shape index (κ3) is 2.57. The number of hydrogen-bond donors (Lipinski definition) is 1. The number of carboxylic acid groups (broad SMARTS) is 1. The third-order valence-corrected chi connectivity index (χ3v) is 4.12. The molecule has 6 heteroatoms. The lowest BCUT2D eigenvalue weighted by atomic mass is 10.0. The number of fused-ring (bicyclic) bond motifs is 1. The summed E-state index contributed by atoms with van der Waals surface area (Å²) in [4.78, 5) is 15.4.